The molecule has 134 valence electrons. The molecular weight excluding hydrogens is 350 g/mol. The van der Waals surface area contributed by atoms with Crippen LogP contribution < -0.4 is 4.74 Å². The van der Waals surface area contributed by atoms with Crippen LogP contribution in [-0.2, 0) is 0 Å². The number of halogens is 1. The highest BCUT2D eigenvalue weighted by Crippen LogP contribution is 2.23. The van der Waals surface area contributed by atoms with Crippen LogP contribution in [0.2, 0.25) is 5.02 Å². The number of amides is 1. The lowest BCUT2D eigenvalue weighted by atomic mass is 10.1. The number of aryl methyl sites for hydroxylation is 1. The lowest BCUT2D eigenvalue weighted by Gasteiger charge is -2.31. The van der Waals surface area contributed by atoms with Gasteiger partial charge in [0.2, 0.25) is 5.88 Å². The number of hydrogen-bond donors (Lipinski definition) is 1. The largest absolute Gasteiger partial charge is 0.474 e. The van der Waals surface area contributed by atoms with Crippen molar-refractivity contribution in [2.45, 2.75) is 25.9 Å². The Bertz CT molecular complexity index is 945. The molecule has 4 rings (SSSR count). The van der Waals surface area contributed by atoms with Gasteiger partial charge in [-0.3, -0.25) is 4.79 Å². The van der Waals surface area contributed by atoms with Crippen LogP contribution in [-0.4, -0.2) is 40.0 Å². The van der Waals surface area contributed by atoms with Crippen LogP contribution in [0.4, 0.5) is 0 Å². The third-order valence-corrected chi connectivity index (χ3v) is 4.93. The normalized spacial score (nSPS) is 15.4. The van der Waals surface area contributed by atoms with Crippen LogP contribution in [0.5, 0.6) is 5.88 Å². The molecule has 1 aliphatic heterocycles. The Morgan fingerprint density at radius 3 is 2.81 bits per heavy atom. The Morgan fingerprint density at radius 2 is 2.04 bits per heavy atom. The molecule has 1 N–H and O–H groups in total. The number of piperidine rings is 1. The van der Waals surface area contributed by atoms with E-state index in [1.807, 2.05) is 54.3 Å². The van der Waals surface area contributed by atoms with Gasteiger partial charge >= 0.3 is 0 Å². The van der Waals surface area contributed by atoms with E-state index in [-0.39, 0.29) is 12.0 Å². The zero-order chi connectivity index (χ0) is 18.1. The SMILES string of the molecule is Cc1cccc(OC2CCN(C(=O)c3cc4ccc(Cl)cc4[nH]3)CC2)n1. The molecule has 1 aliphatic rings. The van der Waals surface area contributed by atoms with Crippen LogP contribution in [0.3, 0.4) is 0 Å². The molecule has 3 heterocycles. The number of carbonyl (C=O) groups is 1. The quantitative estimate of drug-likeness (QED) is 0.752. The minimum Gasteiger partial charge on any atom is -0.474 e. The van der Waals surface area contributed by atoms with Crippen molar-refractivity contribution in [3.63, 3.8) is 0 Å². The Morgan fingerprint density at radius 1 is 1.23 bits per heavy atom. The van der Waals surface area contributed by atoms with Crippen LogP contribution in [0.1, 0.15) is 29.0 Å². The number of benzene rings is 1. The van der Waals surface area contributed by atoms with Gasteiger partial charge in [0, 0.05) is 53.6 Å². The monoisotopic (exact) mass is 369 g/mol. The molecule has 0 unspecified atom stereocenters. The maximum absolute atomic E-state index is 12.8. The Kier molecular flexibility index (Phi) is 4.55. The number of H-pyrrole nitrogens is 1. The second kappa shape index (κ2) is 7.00. The number of rotatable bonds is 3. The lowest BCUT2D eigenvalue weighted by Crippen LogP contribution is -2.42. The molecule has 1 amide bonds. The molecule has 0 radical (unpaired) electrons. The first-order valence-corrected chi connectivity index (χ1v) is 9.14. The van der Waals surface area contributed by atoms with Crippen molar-refractivity contribution in [1.82, 2.24) is 14.9 Å². The Labute approximate surface area is 156 Å². The van der Waals surface area contributed by atoms with Gasteiger partial charge in [0.05, 0.1) is 0 Å². The van der Waals surface area contributed by atoms with Gasteiger partial charge in [-0.15, -0.1) is 0 Å². The number of aromatic nitrogens is 2. The zero-order valence-corrected chi connectivity index (χ0v) is 15.3. The molecule has 5 nitrogen and oxygen atoms in total. The molecule has 3 aromatic rings. The third-order valence-electron chi connectivity index (χ3n) is 4.69. The van der Waals surface area contributed by atoms with E-state index in [0.717, 1.165) is 29.4 Å². The summed E-state index contributed by atoms with van der Waals surface area (Å²) in [6.07, 6.45) is 1.69. The molecular formula is C20H20ClN3O2. The number of likely N-dealkylation sites (tertiary alicyclic amines) is 1. The lowest BCUT2D eigenvalue weighted by molar-refractivity contribution is 0.0583. The first-order valence-electron chi connectivity index (χ1n) is 8.76. The second-order valence-electron chi connectivity index (χ2n) is 6.64. The highest BCUT2D eigenvalue weighted by molar-refractivity contribution is 6.31. The molecule has 1 fully saturated rings. The Balaban J connectivity index is 1.39. The number of nitrogens with zero attached hydrogens (tertiary/aromatic N) is 2. The van der Waals surface area contributed by atoms with E-state index in [9.17, 15) is 4.79 Å². The summed E-state index contributed by atoms with van der Waals surface area (Å²) >= 11 is 6.01. The summed E-state index contributed by atoms with van der Waals surface area (Å²) < 4.78 is 5.96. The van der Waals surface area contributed by atoms with Gasteiger partial charge in [-0.25, -0.2) is 4.98 Å². The summed E-state index contributed by atoms with van der Waals surface area (Å²) in [7, 11) is 0. The molecule has 1 saturated heterocycles. The summed E-state index contributed by atoms with van der Waals surface area (Å²) in [6, 6.07) is 13.2. The fraction of sp³-hybridized carbons (Fsp3) is 0.300. The number of hydrogen-bond acceptors (Lipinski definition) is 3. The minimum atomic E-state index is 0.0180. The highest BCUT2D eigenvalue weighted by Gasteiger charge is 2.25. The number of nitrogens with one attached hydrogen (secondary N) is 1. The average molecular weight is 370 g/mol. The van der Waals surface area contributed by atoms with E-state index in [0.29, 0.717) is 29.7 Å². The second-order valence-corrected chi connectivity index (χ2v) is 7.08. The number of carbonyl (C=O) groups excluding carboxylic acids is 1. The van der Waals surface area contributed by atoms with Crippen molar-refractivity contribution in [2.75, 3.05) is 13.1 Å². The van der Waals surface area contributed by atoms with Gasteiger partial charge in [-0.2, -0.15) is 0 Å². The van der Waals surface area contributed by atoms with Crippen LogP contribution >= 0.6 is 11.6 Å². The molecule has 1 aromatic carbocycles. The van der Waals surface area contributed by atoms with Crippen molar-refractivity contribution in [3.8, 4) is 5.88 Å². The topological polar surface area (TPSA) is 58.2 Å². The Hall–Kier alpha value is -2.53. The van der Waals surface area contributed by atoms with Crippen LogP contribution in [0.15, 0.2) is 42.5 Å². The maximum atomic E-state index is 12.8. The van der Waals surface area contributed by atoms with Crippen LogP contribution in [0.25, 0.3) is 10.9 Å². The third kappa shape index (κ3) is 3.53. The molecule has 0 bridgehead atoms. The van der Waals surface area contributed by atoms with Gasteiger partial charge < -0.3 is 14.6 Å². The van der Waals surface area contributed by atoms with Gasteiger partial charge in [0.1, 0.15) is 11.8 Å². The first kappa shape index (κ1) is 16.9. The molecule has 0 atom stereocenters. The zero-order valence-electron chi connectivity index (χ0n) is 14.5. The fourth-order valence-corrected chi connectivity index (χ4v) is 3.49. The molecule has 0 saturated carbocycles. The van der Waals surface area contributed by atoms with Gasteiger partial charge in [0.15, 0.2) is 0 Å². The van der Waals surface area contributed by atoms with Crippen LogP contribution in [0, 0.1) is 6.92 Å². The van der Waals surface area contributed by atoms with E-state index in [1.54, 1.807) is 0 Å². The maximum Gasteiger partial charge on any atom is 0.270 e. The predicted molar refractivity (Wildman–Crippen MR) is 102 cm³/mol. The van der Waals surface area contributed by atoms with Gasteiger partial charge in [-0.05, 0) is 31.2 Å². The molecule has 0 spiro atoms. The summed E-state index contributed by atoms with van der Waals surface area (Å²) in [5, 5.41) is 1.64. The van der Waals surface area contributed by atoms with E-state index in [2.05, 4.69) is 9.97 Å². The standard InChI is InChI=1S/C20H20ClN3O2/c1-13-3-2-4-19(22-13)26-16-7-9-24(10-8-16)20(25)18-11-14-5-6-15(21)12-17(14)23-18/h2-6,11-12,16,23H,7-10H2,1H3. The number of aromatic amines is 1. The highest BCUT2D eigenvalue weighted by atomic mass is 35.5. The summed E-state index contributed by atoms with van der Waals surface area (Å²) in [6.45, 7) is 3.29. The first-order chi connectivity index (χ1) is 12.6. The van der Waals surface area contributed by atoms with Crippen molar-refractivity contribution in [1.29, 1.82) is 0 Å². The predicted octanol–water partition coefficient (Wildman–Crippen LogP) is 4.21. The van der Waals surface area contributed by atoms with E-state index < -0.39 is 0 Å². The van der Waals surface area contributed by atoms with Crippen molar-refractivity contribution in [2.24, 2.45) is 0 Å². The smallest absolute Gasteiger partial charge is 0.270 e. The van der Waals surface area contributed by atoms with E-state index in [4.69, 9.17) is 16.3 Å². The fourth-order valence-electron chi connectivity index (χ4n) is 3.32. The van der Waals surface area contributed by atoms with E-state index in [1.165, 1.54) is 0 Å². The molecule has 0 aliphatic carbocycles. The van der Waals surface area contributed by atoms with Crippen molar-refractivity contribution in [3.05, 3.63) is 58.9 Å². The minimum absolute atomic E-state index is 0.0180. The van der Waals surface area contributed by atoms with Gasteiger partial charge in [0.25, 0.3) is 5.91 Å². The number of pyridine rings is 1. The molecule has 2 aromatic heterocycles. The average Bonchev–Trinajstić information content (AvgIpc) is 3.05. The van der Waals surface area contributed by atoms with Crippen molar-refractivity contribution < 1.29 is 9.53 Å². The van der Waals surface area contributed by atoms with Gasteiger partial charge in [-0.1, -0.05) is 23.7 Å². The molecule has 26 heavy (non-hydrogen) atoms. The summed E-state index contributed by atoms with van der Waals surface area (Å²) in [5.41, 5.74) is 2.42. The number of ether oxygens (including phenoxy) is 1. The summed E-state index contributed by atoms with van der Waals surface area (Å²) in [5.74, 6) is 0.673. The molecule has 6 heteroatoms. The summed E-state index contributed by atoms with van der Waals surface area (Å²) in [4.78, 5) is 22.2. The van der Waals surface area contributed by atoms with E-state index >= 15 is 0 Å². The number of fused-ring (bicyclic) bond motifs is 1. The van der Waals surface area contributed by atoms with Crippen molar-refractivity contribution >= 4 is 28.4 Å².